The Kier molecular flexibility index (Phi) is 3.35. The molecule has 0 spiro atoms. The molecule has 0 fully saturated rings. The zero-order chi connectivity index (χ0) is 15.0. The van der Waals surface area contributed by atoms with Crippen molar-refractivity contribution in [3.05, 3.63) is 58.7 Å². The predicted molar refractivity (Wildman–Crippen MR) is 78.1 cm³/mol. The lowest BCUT2D eigenvalue weighted by atomic mass is 10.2. The average Bonchev–Trinajstić information content (AvgIpc) is 2.82. The number of aromatic nitrogens is 1. The Labute approximate surface area is 124 Å². The Morgan fingerprint density at radius 1 is 1.29 bits per heavy atom. The summed E-state index contributed by atoms with van der Waals surface area (Å²) in [6.07, 6.45) is 0. The maximum absolute atomic E-state index is 13.1. The van der Waals surface area contributed by atoms with Crippen LogP contribution in [0.2, 0.25) is 5.02 Å². The molecule has 0 aliphatic heterocycles. The number of nitrogens with zero attached hydrogens (tertiary/aromatic N) is 1. The first-order valence-electron chi connectivity index (χ1n) is 6.16. The number of anilines is 1. The van der Waals surface area contributed by atoms with Crippen LogP contribution in [0.25, 0.3) is 11.1 Å². The van der Waals surface area contributed by atoms with E-state index in [0.717, 1.165) is 0 Å². The predicted octanol–water partition coefficient (Wildman–Crippen LogP) is 4.18. The Morgan fingerprint density at radius 3 is 2.86 bits per heavy atom. The monoisotopic (exact) mass is 304 g/mol. The Morgan fingerprint density at radius 2 is 2.10 bits per heavy atom. The van der Waals surface area contributed by atoms with Gasteiger partial charge in [-0.05, 0) is 36.4 Å². The SMILES string of the molecule is Cc1nc2cc(C(=O)Nc3ccc(F)c(Cl)c3)ccc2o1. The minimum Gasteiger partial charge on any atom is -0.441 e. The maximum Gasteiger partial charge on any atom is 0.255 e. The highest BCUT2D eigenvalue weighted by Crippen LogP contribution is 2.21. The molecule has 0 aliphatic carbocycles. The summed E-state index contributed by atoms with van der Waals surface area (Å²) in [4.78, 5) is 16.3. The van der Waals surface area contributed by atoms with Gasteiger partial charge < -0.3 is 9.73 Å². The fourth-order valence-corrected chi connectivity index (χ4v) is 2.14. The molecule has 1 N–H and O–H groups in total. The molecule has 0 atom stereocenters. The number of carbonyl (C=O) groups is 1. The molecule has 1 amide bonds. The van der Waals surface area contributed by atoms with Gasteiger partial charge in [-0.25, -0.2) is 9.37 Å². The molecular weight excluding hydrogens is 295 g/mol. The van der Waals surface area contributed by atoms with Gasteiger partial charge in [0.25, 0.3) is 5.91 Å². The second kappa shape index (κ2) is 5.18. The molecule has 3 aromatic rings. The van der Waals surface area contributed by atoms with Crippen molar-refractivity contribution in [3.8, 4) is 0 Å². The van der Waals surface area contributed by atoms with Gasteiger partial charge in [0.1, 0.15) is 11.3 Å². The lowest BCUT2D eigenvalue weighted by Crippen LogP contribution is -2.11. The number of amides is 1. The third kappa shape index (κ3) is 2.73. The summed E-state index contributed by atoms with van der Waals surface area (Å²) in [5, 5.41) is 2.60. The van der Waals surface area contributed by atoms with Crippen molar-refractivity contribution in [2.24, 2.45) is 0 Å². The molecule has 0 aliphatic rings. The lowest BCUT2D eigenvalue weighted by Gasteiger charge is -2.06. The lowest BCUT2D eigenvalue weighted by molar-refractivity contribution is 0.102. The van der Waals surface area contributed by atoms with E-state index in [0.29, 0.717) is 28.2 Å². The van der Waals surface area contributed by atoms with Crippen molar-refractivity contribution in [3.63, 3.8) is 0 Å². The van der Waals surface area contributed by atoms with Crippen LogP contribution in [0.1, 0.15) is 16.2 Å². The van der Waals surface area contributed by atoms with Gasteiger partial charge in [-0.2, -0.15) is 0 Å². The van der Waals surface area contributed by atoms with E-state index in [1.165, 1.54) is 18.2 Å². The van der Waals surface area contributed by atoms with Gasteiger partial charge in [-0.3, -0.25) is 4.79 Å². The number of hydrogen-bond acceptors (Lipinski definition) is 3. The molecule has 2 aromatic carbocycles. The molecule has 0 radical (unpaired) electrons. The molecule has 0 saturated carbocycles. The van der Waals surface area contributed by atoms with Gasteiger partial charge in [-0.15, -0.1) is 0 Å². The second-order valence-corrected chi connectivity index (χ2v) is 4.91. The van der Waals surface area contributed by atoms with E-state index in [1.807, 2.05) is 0 Å². The van der Waals surface area contributed by atoms with E-state index in [-0.39, 0.29) is 10.9 Å². The van der Waals surface area contributed by atoms with Crippen molar-refractivity contribution < 1.29 is 13.6 Å². The minimum absolute atomic E-state index is 0.0459. The second-order valence-electron chi connectivity index (χ2n) is 4.50. The fraction of sp³-hybridized carbons (Fsp3) is 0.0667. The number of benzene rings is 2. The number of fused-ring (bicyclic) bond motifs is 1. The molecule has 3 rings (SSSR count). The summed E-state index contributed by atoms with van der Waals surface area (Å²) in [5.41, 5.74) is 2.07. The summed E-state index contributed by atoms with van der Waals surface area (Å²) in [6, 6.07) is 8.94. The van der Waals surface area contributed by atoms with Gasteiger partial charge in [0, 0.05) is 18.2 Å². The molecule has 1 aromatic heterocycles. The Bertz CT molecular complexity index is 845. The number of aryl methyl sites for hydroxylation is 1. The van der Waals surface area contributed by atoms with Crippen LogP contribution in [0.15, 0.2) is 40.8 Å². The first-order valence-corrected chi connectivity index (χ1v) is 6.54. The Balaban J connectivity index is 1.87. The van der Waals surface area contributed by atoms with E-state index in [9.17, 15) is 9.18 Å². The van der Waals surface area contributed by atoms with Crippen molar-refractivity contribution in [1.82, 2.24) is 4.98 Å². The summed E-state index contributed by atoms with van der Waals surface area (Å²) in [5.74, 6) is -0.331. The summed E-state index contributed by atoms with van der Waals surface area (Å²) >= 11 is 5.68. The summed E-state index contributed by atoms with van der Waals surface area (Å²) in [6.45, 7) is 1.74. The van der Waals surface area contributed by atoms with Crippen molar-refractivity contribution in [2.45, 2.75) is 6.92 Å². The van der Waals surface area contributed by atoms with Crippen LogP contribution in [0, 0.1) is 12.7 Å². The van der Waals surface area contributed by atoms with Crippen molar-refractivity contribution in [2.75, 3.05) is 5.32 Å². The first kappa shape index (κ1) is 13.6. The molecule has 4 nitrogen and oxygen atoms in total. The molecule has 106 valence electrons. The number of nitrogens with one attached hydrogen (secondary N) is 1. The summed E-state index contributed by atoms with van der Waals surface area (Å²) in [7, 11) is 0. The maximum atomic E-state index is 13.1. The zero-order valence-electron chi connectivity index (χ0n) is 11.0. The number of rotatable bonds is 2. The highest BCUT2D eigenvalue weighted by atomic mass is 35.5. The molecule has 0 bridgehead atoms. The van der Waals surface area contributed by atoms with Crippen molar-refractivity contribution >= 4 is 34.3 Å². The fourth-order valence-electron chi connectivity index (χ4n) is 1.96. The van der Waals surface area contributed by atoms with Crippen LogP contribution in [0.5, 0.6) is 0 Å². The highest BCUT2D eigenvalue weighted by molar-refractivity contribution is 6.31. The van der Waals surface area contributed by atoms with E-state index in [2.05, 4.69) is 10.3 Å². The third-order valence-corrected chi connectivity index (χ3v) is 3.22. The van der Waals surface area contributed by atoms with Crippen LogP contribution in [0.4, 0.5) is 10.1 Å². The first-order chi connectivity index (χ1) is 10.0. The largest absolute Gasteiger partial charge is 0.441 e. The van der Waals surface area contributed by atoms with Crippen LogP contribution in [-0.2, 0) is 0 Å². The minimum atomic E-state index is -0.533. The van der Waals surface area contributed by atoms with E-state index in [4.69, 9.17) is 16.0 Å². The standard InChI is InChI=1S/C15H10ClFN2O2/c1-8-18-13-6-9(2-5-14(13)21-8)15(20)19-10-3-4-12(17)11(16)7-10/h2-7H,1H3,(H,19,20). The normalized spacial score (nSPS) is 10.8. The molecular formula is C15H10ClFN2O2. The molecule has 0 saturated heterocycles. The van der Waals surface area contributed by atoms with Gasteiger partial charge in [0.15, 0.2) is 11.5 Å². The van der Waals surface area contributed by atoms with Crippen LogP contribution >= 0.6 is 11.6 Å². The summed E-state index contributed by atoms with van der Waals surface area (Å²) < 4.78 is 18.4. The third-order valence-electron chi connectivity index (χ3n) is 2.93. The van der Waals surface area contributed by atoms with Crippen LogP contribution in [0.3, 0.4) is 0 Å². The molecule has 0 unspecified atom stereocenters. The van der Waals surface area contributed by atoms with Crippen LogP contribution < -0.4 is 5.32 Å². The van der Waals surface area contributed by atoms with Crippen molar-refractivity contribution in [1.29, 1.82) is 0 Å². The smallest absolute Gasteiger partial charge is 0.255 e. The molecule has 6 heteroatoms. The zero-order valence-corrected chi connectivity index (χ0v) is 11.7. The van der Waals surface area contributed by atoms with Gasteiger partial charge in [-0.1, -0.05) is 11.6 Å². The van der Waals surface area contributed by atoms with E-state index in [1.54, 1.807) is 25.1 Å². The molecule has 1 heterocycles. The van der Waals surface area contributed by atoms with Crippen LogP contribution in [-0.4, -0.2) is 10.9 Å². The number of oxazole rings is 1. The highest BCUT2D eigenvalue weighted by Gasteiger charge is 2.10. The Hall–Kier alpha value is -2.40. The number of hydrogen-bond donors (Lipinski definition) is 1. The number of halogens is 2. The quantitative estimate of drug-likeness (QED) is 0.772. The van der Waals surface area contributed by atoms with Gasteiger partial charge >= 0.3 is 0 Å². The van der Waals surface area contributed by atoms with E-state index >= 15 is 0 Å². The van der Waals surface area contributed by atoms with E-state index < -0.39 is 5.82 Å². The average molecular weight is 305 g/mol. The van der Waals surface area contributed by atoms with Gasteiger partial charge in [0.05, 0.1) is 5.02 Å². The topological polar surface area (TPSA) is 55.1 Å². The number of carbonyl (C=O) groups excluding carboxylic acids is 1. The van der Waals surface area contributed by atoms with Gasteiger partial charge in [0.2, 0.25) is 0 Å². The molecule has 21 heavy (non-hydrogen) atoms.